The van der Waals surface area contributed by atoms with Crippen molar-refractivity contribution in [3.8, 4) is 5.75 Å². The lowest BCUT2D eigenvalue weighted by Crippen LogP contribution is -2.18. The maximum atomic E-state index is 12.0. The first kappa shape index (κ1) is 17.0. The third-order valence-corrected chi connectivity index (χ3v) is 4.14. The predicted molar refractivity (Wildman–Crippen MR) is 91.1 cm³/mol. The number of ether oxygens (including phenoxy) is 1. The molecule has 122 valence electrons. The zero-order valence-corrected chi connectivity index (χ0v) is 14.0. The molecule has 0 radical (unpaired) electrons. The van der Waals surface area contributed by atoms with E-state index in [9.17, 15) is 8.42 Å². The number of sulfonamides is 1. The molecule has 0 aliphatic heterocycles. The fourth-order valence-electron chi connectivity index (χ4n) is 1.74. The van der Waals surface area contributed by atoms with Crippen LogP contribution in [0.15, 0.2) is 64.6 Å². The van der Waals surface area contributed by atoms with Gasteiger partial charge in [0.05, 0.1) is 17.7 Å². The van der Waals surface area contributed by atoms with Gasteiger partial charge in [0.1, 0.15) is 5.75 Å². The van der Waals surface area contributed by atoms with Crippen molar-refractivity contribution in [2.45, 2.75) is 18.7 Å². The van der Waals surface area contributed by atoms with Crippen molar-refractivity contribution in [2.75, 3.05) is 6.61 Å². The van der Waals surface area contributed by atoms with Crippen LogP contribution in [0.2, 0.25) is 0 Å². The second-order valence-corrected chi connectivity index (χ2v) is 7.10. The molecular formula is C17H20N2O3S. The molecule has 0 amide bonds. The average molecular weight is 332 g/mol. The van der Waals surface area contributed by atoms with Crippen molar-refractivity contribution in [1.82, 2.24) is 4.83 Å². The standard InChI is InChI=1S/C17H20N2O3S/c1-14(2)13-22-16-10-8-15(9-11-16)12-18-19-23(20,21)17-6-4-3-5-7-17/h3-12,14,19H,13H2,1-2H3/b18-12+. The topological polar surface area (TPSA) is 67.8 Å². The van der Waals surface area contributed by atoms with Gasteiger partial charge in [-0.1, -0.05) is 32.0 Å². The maximum absolute atomic E-state index is 12.0. The summed E-state index contributed by atoms with van der Waals surface area (Å²) < 4.78 is 29.5. The molecule has 0 saturated heterocycles. The van der Waals surface area contributed by atoms with Gasteiger partial charge in [0.2, 0.25) is 0 Å². The lowest BCUT2D eigenvalue weighted by atomic mass is 10.2. The number of hydrogen-bond acceptors (Lipinski definition) is 4. The number of rotatable bonds is 7. The molecule has 0 bridgehead atoms. The summed E-state index contributed by atoms with van der Waals surface area (Å²) in [6.07, 6.45) is 1.45. The molecule has 6 heteroatoms. The van der Waals surface area contributed by atoms with Crippen LogP contribution in [-0.4, -0.2) is 21.2 Å². The van der Waals surface area contributed by atoms with Gasteiger partial charge in [-0.25, -0.2) is 4.83 Å². The molecule has 0 unspecified atom stereocenters. The van der Waals surface area contributed by atoms with E-state index in [0.717, 1.165) is 11.3 Å². The molecule has 0 aliphatic carbocycles. The van der Waals surface area contributed by atoms with Crippen LogP contribution in [0.1, 0.15) is 19.4 Å². The van der Waals surface area contributed by atoms with Crippen molar-refractivity contribution in [3.63, 3.8) is 0 Å². The number of benzene rings is 2. The molecule has 0 aromatic heterocycles. The van der Waals surface area contributed by atoms with Crippen molar-refractivity contribution >= 4 is 16.2 Å². The molecule has 0 aliphatic rings. The molecule has 2 aromatic carbocycles. The van der Waals surface area contributed by atoms with Gasteiger partial charge in [-0.05, 0) is 47.9 Å². The zero-order valence-electron chi connectivity index (χ0n) is 13.1. The van der Waals surface area contributed by atoms with E-state index in [4.69, 9.17) is 4.74 Å². The Morgan fingerprint density at radius 3 is 2.35 bits per heavy atom. The van der Waals surface area contributed by atoms with Crippen LogP contribution in [0, 0.1) is 5.92 Å². The summed E-state index contributed by atoms with van der Waals surface area (Å²) in [5.74, 6) is 1.24. The molecular weight excluding hydrogens is 312 g/mol. The minimum absolute atomic E-state index is 0.176. The van der Waals surface area contributed by atoms with Gasteiger partial charge in [-0.15, -0.1) is 0 Å². The summed E-state index contributed by atoms with van der Waals surface area (Å²) in [6.45, 7) is 4.82. The van der Waals surface area contributed by atoms with Crippen LogP contribution in [0.4, 0.5) is 0 Å². The highest BCUT2D eigenvalue weighted by Gasteiger charge is 2.10. The van der Waals surface area contributed by atoms with E-state index in [1.54, 1.807) is 18.2 Å². The van der Waals surface area contributed by atoms with Gasteiger partial charge >= 0.3 is 0 Å². The molecule has 5 nitrogen and oxygen atoms in total. The molecule has 1 N–H and O–H groups in total. The Balaban J connectivity index is 1.95. The highest BCUT2D eigenvalue weighted by Crippen LogP contribution is 2.12. The first-order valence-corrected chi connectivity index (χ1v) is 8.78. The van der Waals surface area contributed by atoms with E-state index in [0.29, 0.717) is 12.5 Å². The number of hydrazone groups is 1. The molecule has 2 rings (SSSR count). The van der Waals surface area contributed by atoms with E-state index < -0.39 is 10.0 Å². The fraction of sp³-hybridized carbons (Fsp3) is 0.235. The summed E-state index contributed by atoms with van der Waals surface area (Å²) in [4.78, 5) is 2.36. The lowest BCUT2D eigenvalue weighted by molar-refractivity contribution is 0.271. The first-order valence-electron chi connectivity index (χ1n) is 7.30. The number of nitrogens with zero attached hydrogens (tertiary/aromatic N) is 1. The third-order valence-electron chi connectivity index (χ3n) is 2.90. The first-order chi connectivity index (χ1) is 11.0. The molecule has 0 saturated carbocycles. The quantitative estimate of drug-likeness (QED) is 0.626. The van der Waals surface area contributed by atoms with Gasteiger partial charge in [-0.2, -0.15) is 13.5 Å². The molecule has 0 atom stereocenters. The molecule has 23 heavy (non-hydrogen) atoms. The Kier molecular flexibility index (Phi) is 5.76. The summed E-state index contributed by atoms with van der Waals surface area (Å²) in [5.41, 5.74) is 0.776. The van der Waals surface area contributed by atoms with Crippen molar-refractivity contribution in [3.05, 3.63) is 60.2 Å². The fourth-order valence-corrected chi connectivity index (χ4v) is 2.55. The maximum Gasteiger partial charge on any atom is 0.276 e. The highest BCUT2D eigenvalue weighted by atomic mass is 32.2. The second-order valence-electron chi connectivity index (χ2n) is 5.44. The monoisotopic (exact) mass is 332 g/mol. The molecule has 0 spiro atoms. The normalized spacial score (nSPS) is 11.8. The van der Waals surface area contributed by atoms with Crippen LogP contribution < -0.4 is 9.57 Å². The van der Waals surface area contributed by atoms with E-state index in [1.807, 2.05) is 24.3 Å². The Bertz CT molecular complexity index is 739. The summed E-state index contributed by atoms with van der Waals surface area (Å²) in [5, 5.41) is 3.79. The zero-order chi connectivity index (χ0) is 16.7. The number of hydrogen-bond donors (Lipinski definition) is 1. The Morgan fingerprint density at radius 1 is 1.09 bits per heavy atom. The van der Waals surface area contributed by atoms with Gasteiger partial charge in [0, 0.05) is 0 Å². The van der Waals surface area contributed by atoms with E-state index in [1.165, 1.54) is 18.3 Å². The van der Waals surface area contributed by atoms with E-state index >= 15 is 0 Å². The van der Waals surface area contributed by atoms with Crippen LogP contribution in [-0.2, 0) is 10.0 Å². The van der Waals surface area contributed by atoms with Crippen LogP contribution in [0.25, 0.3) is 0 Å². The predicted octanol–water partition coefficient (Wildman–Crippen LogP) is 3.03. The third kappa shape index (κ3) is 5.41. The van der Waals surface area contributed by atoms with Crippen molar-refractivity contribution in [1.29, 1.82) is 0 Å². The second kappa shape index (κ2) is 7.78. The van der Waals surface area contributed by atoms with Crippen LogP contribution in [0.5, 0.6) is 5.75 Å². The van der Waals surface area contributed by atoms with Crippen LogP contribution >= 0.6 is 0 Å². The van der Waals surface area contributed by atoms with Crippen molar-refractivity contribution in [2.24, 2.45) is 11.0 Å². The molecule has 2 aromatic rings. The van der Waals surface area contributed by atoms with E-state index in [-0.39, 0.29) is 4.90 Å². The van der Waals surface area contributed by atoms with Gasteiger partial charge in [0.15, 0.2) is 0 Å². The SMILES string of the molecule is CC(C)COc1ccc(/C=N/NS(=O)(=O)c2ccccc2)cc1. The van der Waals surface area contributed by atoms with Gasteiger partial charge in [0.25, 0.3) is 10.0 Å². The Morgan fingerprint density at radius 2 is 1.74 bits per heavy atom. The summed E-state index contributed by atoms with van der Waals surface area (Å²) in [7, 11) is -3.63. The summed E-state index contributed by atoms with van der Waals surface area (Å²) >= 11 is 0. The smallest absolute Gasteiger partial charge is 0.276 e. The Labute approximate surface area is 137 Å². The highest BCUT2D eigenvalue weighted by molar-refractivity contribution is 7.89. The minimum atomic E-state index is -3.63. The molecule has 0 heterocycles. The van der Waals surface area contributed by atoms with E-state index in [2.05, 4.69) is 23.8 Å². The largest absolute Gasteiger partial charge is 0.493 e. The minimum Gasteiger partial charge on any atom is -0.493 e. The lowest BCUT2D eigenvalue weighted by Gasteiger charge is -2.08. The van der Waals surface area contributed by atoms with Crippen molar-refractivity contribution < 1.29 is 13.2 Å². The molecule has 0 fully saturated rings. The summed E-state index contributed by atoms with van der Waals surface area (Å²) in [6, 6.07) is 15.4. The van der Waals surface area contributed by atoms with Gasteiger partial charge in [-0.3, -0.25) is 0 Å². The van der Waals surface area contributed by atoms with Gasteiger partial charge < -0.3 is 4.74 Å². The number of nitrogens with one attached hydrogen (secondary N) is 1. The van der Waals surface area contributed by atoms with Crippen LogP contribution in [0.3, 0.4) is 0 Å². The Hall–Kier alpha value is -2.34. The average Bonchev–Trinajstić information content (AvgIpc) is 2.55.